The van der Waals surface area contributed by atoms with E-state index in [4.69, 9.17) is 10.5 Å². The second-order valence-electron chi connectivity index (χ2n) is 10.4. The Morgan fingerprint density at radius 3 is 2.02 bits per heavy atom. The van der Waals surface area contributed by atoms with Crippen molar-refractivity contribution < 1.29 is 32.2 Å². The van der Waals surface area contributed by atoms with Crippen molar-refractivity contribution in [3.63, 3.8) is 0 Å². The lowest BCUT2D eigenvalue weighted by Crippen LogP contribution is -2.51. The minimum Gasteiger partial charge on any atom is -0.453 e. The number of aliphatic hydroxyl groups is 1. The molecule has 0 aliphatic carbocycles. The number of nitrogens with two attached hydrogens (primary N) is 1. The molecule has 0 aromatic heterocycles. The SMILES string of the molecule is CCCN([C@H](CO)CCC(F)CNC(=O)[C@@H](NC(=O)OC)C(c1ccccc1)c1ccccc1)S(=O)(=O)c1ccc(N)cc1. The predicted octanol–water partition coefficient (Wildman–Crippen LogP) is 3.82. The van der Waals surface area contributed by atoms with E-state index < -0.39 is 52.8 Å². The molecule has 12 heteroatoms. The quantitative estimate of drug-likeness (QED) is 0.176. The summed E-state index contributed by atoms with van der Waals surface area (Å²) in [6, 6.07) is 22.1. The van der Waals surface area contributed by atoms with E-state index in [0.717, 1.165) is 11.1 Å². The first-order valence-electron chi connectivity index (χ1n) is 14.5. The number of amides is 2. The first kappa shape index (κ1) is 34.5. The van der Waals surface area contributed by atoms with E-state index in [1.165, 1.54) is 35.7 Å². The summed E-state index contributed by atoms with van der Waals surface area (Å²) in [5.74, 6) is -1.22. The highest BCUT2D eigenvalue weighted by Crippen LogP contribution is 2.29. The zero-order valence-corrected chi connectivity index (χ0v) is 25.8. The maximum atomic E-state index is 15.2. The standard InChI is InChI=1S/C32H41FN4O6S/c1-3-20-37(44(41,42)28-18-15-26(34)16-19-28)27(22-38)17-14-25(33)21-35-31(39)30(36-32(40)43-2)29(23-10-6-4-7-11-23)24-12-8-5-9-13-24/h4-13,15-16,18-19,25,27,29-30,38H,3,14,17,20-22,34H2,1-2H3,(H,35,39)(H,36,40)/t25?,27-,30-/m0/s1. The molecule has 0 aliphatic rings. The van der Waals surface area contributed by atoms with Crippen LogP contribution in [0.3, 0.4) is 0 Å². The van der Waals surface area contributed by atoms with Crippen LogP contribution in [0.5, 0.6) is 0 Å². The highest BCUT2D eigenvalue weighted by molar-refractivity contribution is 7.89. The summed E-state index contributed by atoms with van der Waals surface area (Å²) in [6.07, 6.45) is -2.00. The van der Waals surface area contributed by atoms with Gasteiger partial charge in [-0.25, -0.2) is 17.6 Å². The van der Waals surface area contributed by atoms with E-state index in [-0.39, 0.29) is 30.8 Å². The molecule has 3 rings (SSSR count). The number of nitrogen functional groups attached to an aromatic ring is 1. The van der Waals surface area contributed by atoms with Crippen LogP contribution in [-0.2, 0) is 19.6 Å². The van der Waals surface area contributed by atoms with Gasteiger partial charge in [0.2, 0.25) is 15.9 Å². The Bertz CT molecular complexity index is 1390. The third-order valence-corrected chi connectivity index (χ3v) is 9.22. The molecule has 44 heavy (non-hydrogen) atoms. The third kappa shape index (κ3) is 9.25. The summed E-state index contributed by atoms with van der Waals surface area (Å²) in [4.78, 5) is 25.8. The Labute approximate surface area is 258 Å². The minimum absolute atomic E-state index is 0.0161. The lowest BCUT2D eigenvalue weighted by atomic mass is 9.84. The van der Waals surface area contributed by atoms with Crippen LogP contribution in [0.4, 0.5) is 14.9 Å². The van der Waals surface area contributed by atoms with Crippen LogP contribution in [0.15, 0.2) is 89.8 Å². The van der Waals surface area contributed by atoms with Gasteiger partial charge in [0, 0.05) is 30.7 Å². The van der Waals surface area contributed by atoms with E-state index >= 15 is 4.39 Å². The largest absolute Gasteiger partial charge is 0.453 e. The molecular formula is C32H41FN4O6S. The molecule has 238 valence electrons. The summed E-state index contributed by atoms with van der Waals surface area (Å²) in [7, 11) is -2.79. The van der Waals surface area contributed by atoms with E-state index in [1.807, 2.05) is 67.6 Å². The van der Waals surface area contributed by atoms with Crippen molar-refractivity contribution in [2.45, 2.75) is 55.3 Å². The molecule has 3 aromatic carbocycles. The number of hydrogen-bond acceptors (Lipinski definition) is 7. The van der Waals surface area contributed by atoms with Gasteiger partial charge in [-0.15, -0.1) is 0 Å². The molecule has 3 aromatic rings. The first-order valence-corrected chi connectivity index (χ1v) is 15.9. The fourth-order valence-electron chi connectivity index (χ4n) is 5.00. The van der Waals surface area contributed by atoms with Gasteiger partial charge in [0.15, 0.2) is 0 Å². The Hall–Kier alpha value is -4.00. The van der Waals surface area contributed by atoms with Crippen LogP contribution in [0.2, 0.25) is 0 Å². The molecule has 1 unspecified atom stereocenters. The number of hydrogen-bond donors (Lipinski definition) is 4. The van der Waals surface area contributed by atoms with Crippen molar-refractivity contribution in [3.05, 3.63) is 96.1 Å². The van der Waals surface area contributed by atoms with Crippen molar-refractivity contribution in [1.82, 2.24) is 14.9 Å². The summed E-state index contributed by atoms with van der Waals surface area (Å²) in [5.41, 5.74) is 7.63. The number of carbonyl (C=O) groups is 2. The topological polar surface area (TPSA) is 151 Å². The Kier molecular flexibility index (Phi) is 13.1. The van der Waals surface area contributed by atoms with Crippen LogP contribution in [0.1, 0.15) is 43.2 Å². The molecule has 10 nitrogen and oxygen atoms in total. The fourth-order valence-corrected chi connectivity index (χ4v) is 6.74. The average Bonchev–Trinajstić information content (AvgIpc) is 3.04. The number of carbonyl (C=O) groups excluding carboxylic acids is 2. The van der Waals surface area contributed by atoms with Crippen LogP contribution in [0.25, 0.3) is 0 Å². The van der Waals surface area contributed by atoms with E-state index in [0.29, 0.717) is 12.1 Å². The van der Waals surface area contributed by atoms with Crippen molar-refractivity contribution in [2.24, 2.45) is 0 Å². The number of alkyl halides is 1. The van der Waals surface area contributed by atoms with Crippen LogP contribution < -0.4 is 16.4 Å². The van der Waals surface area contributed by atoms with Gasteiger partial charge in [-0.2, -0.15) is 4.31 Å². The Morgan fingerprint density at radius 1 is 0.955 bits per heavy atom. The van der Waals surface area contributed by atoms with E-state index in [9.17, 15) is 23.1 Å². The zero-order chi connectivity index (χ0) is 32.1. The van der Waals surface area contributed by atoms with E-state index in [1.54, 1.807) is 0 Å². The van der Waals surface area contributed by atoms with Crippen molar-refractivity contribution in [3.8, 4) is 0 Å². The summed E-state index contributed by atoms with van der Waals surface area (Å²) in [6.45, 7) is 1.05. The maximum absolute atomic E-state index is 15.2. The molecule has 0 spiro atoms. The van der Waals surface area contributed by atoms with Crippen molar-refractivity contribution in [2.75, 3.05) is 32.5 Å². The average molecular weight is 629 g/mol. The first-order chi connectivity index (χ1) is 21.1. The highest BCUT2D eigenvalue weighted by Gasteiger charge is 2.34. The Morgan fingerprint density at radius 2 is 1.52 bits per heavy atom. The number of anilines is 1. The molecule has 0 heterocycles. The second kappa shape index (κ2) is 16.7. The van der Waals surface area contributed by atoms with Gasteiger partial charge in [-0.1, -0.05) is 67.6 Å². The smallest absolute Gasteiger partial charge is 0.407 e. The third-order valence-electron chi connectivity index (χ3n) is 7.25. The molecule has 0 bridgehead atoms. The number of alkyl carbamates (subject to hydrolysis) is 1. The number of aliphatic hydroxyl groups excluding tert-OH is 1. The number of rotatable bonds is 16. The van der Waals surface area contributed by atoms with Gasteiger partial charge in [-0.05, 0) is 54.7 Å². The van der Waals surface area contributed by atoms with Gasteiger partial charge in [0.25, 0.3) is 0 Å². The number of sulfonamides is 1. The summed E-state index contributed by atoms with van der Waals surface area (Å²) in [5, 5.41) is 15.3. The van der Waals surface area contributed by atoms with Gasteiger partial charge >= 0.3 is 6.09 Å². The summed E-state index contributed by atoms with van der Waals surface area (Å²) < 4.78 is 47.9. The van der Waals surface area contributed by atoms with Crippen molar-refractivity contribution >= 4 is 27.7 Å². The molecule has 0 fully saturated rings. The van der Waals surface area contributed by atoms with Crippen LogP contribution >= 0.6 is 0 Å². The predicted molar refractivity (Wildman–Crippen MR) is 167 cm³/mol. The van der Waals surface area contributed by atoms with Gasteiger partial charge < -0.3 is 26.2 Å². The lowest BCUT2D eigenvalue weighted by Gasteiger charge is -2.30. The molecule has 3 atom stereocenters. The molecule has 0 saturated carbocycles. The van der Waals surface area contributed by atoms with Gasteiger partial charge in [0.1, 0.15) is 12.2 Å². The monoisotopic (exact) mass is 628 g/mol. The molecule has 2 amide bonds. The van der Waals surface area contributed by atoms with Crippen LogP contribution in [0, 0.1) is 0 Å². The summed E-state index contributed by atoms with van der Waals surface area (Å²) >= 11 is 0. The number of ether oxygens (including phenoxy) is 1. The minimum atomic E-state index is -3.98. The molecule has 0 saturated heterocycles. The number of halogens is 1. The number of methoxy groups -OCH3 is 1. The number of nitrogens with zero attached hydrogens (tertiary/aromatic N) is 1. The van der Waals surface area contributed by atoms with Crippen molar-refractivity contribution in [1.29, 1.82) is 0 Å². The van der Waals surface area contributed by atoms with Crippen LogP contribution in [-0.4, -0.2) is 74.9 Å². The molecule has 0 aliphatic heterocycles. The molecular weight excluding hydrogens is 587 g/mol. The normalized spacial score (nSPS) is 13.7. The number of nitrogens with one attached hydrogen (secondary N) is 2. The molecule has 0 radical (unpaired) electrons. The Balaban J connectivity index is 1.73. The van der Waals surface area contributed by atoms with Gasteiger partial charge in [-0.3, -0.25) is 4.79 Å². The second-order valence-corrected chi connectivity index (χ2v) is 12.2. The maximum Gasteiger partial charge on any atom is 0.407 e. The fraction of sp³-hybridized carbons (Fsp3) is 0.375. The van der Waals surface area contributed by atoms with E-state index in [2.05, 4.69) is 10.6 Å². The highest BCUT2D eigenvalue weighted by atomic mass is 32.2. The zero-order valence-electron chi connectivity index (χ0n) is 24.9. The molecule has 5 N–H and O–H groups in total. The van der Waals surface area contributed by atoms with Gasteiger partial charge in [0.05, 0.1) is 18.6 Å². The number of benzene rings is 3. The lowest BCUT2D eigenvalue weighted by molar-refractivity contribution is -0.123.